The van der Waals surface area contributed by atoms with Crippen molar-refractivity contribution in [3.63, 3.8) is 0 Å². The van der Waals surface area contributed by atoms with Gasteiger partial charge in [0, 0.05) is 19.6 Å². The van der Waals surface area contributed by atoms with Crippen molar-refractivity contribution >= 4 is 23.0 Å². The Morgan fingerprint density at radius 2 is 1.90 bits per heavy atom. The number of hydrogen-bond donors (Lipinski definition) is 3. The number of carbonyl (C=O) groups is 1. The normalized spacial score (nSPS) is 15.9. The molecule has 1 atom stereocenters. The third kappa shape index (κ3) is 4.56. The average molecular weight is 396 g/mol. The fourth-order valence-electron chi connectivity index (χ4n) is 3.34. The van der Waals surface area contributed by atoms with Crippen LogP contribution < -0.4 is 10.8 Å². The predicted octanol–water partition coefficient (Wildman–Crippen LogP) is 2.63. The van der Waals surface area contributed by atoms with E-state index in [2.05, 4.69) is 39.5 Å². The van der Waals surface area contributed by atoms with Crippen molar-refractivity contribution in [2.45, 2.75) is 19.5 Å². The molecule has 1 fully saturated rings. The quantitative estimate of drug-likeness (QED) is 0.435. The third-order valence-electron chi connectivity index (χ3n) is 5.03. The number of hydroxylamine groups is 1. The minimum atomic E-state index is -0.674. The largest absolute Gasteiger partial charge is 0.424 e. The van der Waals surface area contributed by atoms with Gasteiger partial charge in [0.15, 0.2) is 5.58 Å². The number of morpholine rings is 1. The fourth-order valence-corrected chi connectivity index (χ4v) is 3.34. The summed E-state index contributed by atoms with van der Waals surface area (Å²) in [5, 5.41) is 11.5. The van der Waals surface area contributed by atoms with Gasteiger partial charge >= 0.3 is 0 Å². The Kier molecular flexibility index (Phi) is 5.75. The Morgan fingerprint density at radius 1 is 1.17 bits per heavy atom. The Balaban J connectivity index is 1.48. The molecule has 29 heavy (non-hydrogen) atoms. The lowest BCUT2D eigenvalue weighted by atomic mass is 10.0. The first-order valence-corrected chi connectivity index (χ1v) is 9.63. The number of nitrogens with zero attached hydrogens (tertiary/aromatic N) is 2. The number of carbonyl (C=O) groups excluding carboxylic acids is 1. The minimum absolute atomic E-state index is 0.231. The summed E-state index contributed by atoms with van der Waals surface area (Å²) < 4.78 is 11.0. The van der Waals surface area contributed by atoms with Crippen molar-refractivity contribution in [2.24, 2.45) is 0 Å². The summed E-state index contributed by atoms with van der Waals surface area (Å²) in [6.45, 7) is 6.08. The lowest BCUT2D eigenvalue weighted by Gasteiger charge is -2.26. The van der Waals surface area contributed by atoms with Crippen LogP contribution in [0.25, 0.3) is 22.2 Å². The molecule has 2 aromatic carbocycles. The van der Waals surface area contributed by atoms with E-state index in [0.717, 1.165) is 44.0 Å². The molecule has 0 saturated carbocycles. The van der Waals surface area contributed by atoms with Crippen molar-refractivity contribution in [1.29, 1.82) is 0 Å². The smallest absolute Gasteiger partial charge is 0.296 e. The Labute approximate surface area is 168 Å². The Morgan fingerprint density at radius 3 is 2.62 bits per heavy atom. The van der Waals surface area contributed by atoms with Crippen LogP contribution in [0.3, 0.4) is 0 Å². The van der Waals surface area contributed by atoms with Gasteiger partial charge in [-0.1, -0.05) is 30.3 Å². The van der Waals surface area contributed by atoms with Crippen LogP contribution in [0.5, 0.6) is 0 Å². The maximum Gasteiger partial charge on any atom is 0.296 e. The van der Waals surface area contributed by atoms with E-state index in [1.165, 1.54) is 5.56 Å². The van der Waals surface area contributed by atoms with Crippen LogP contribution in [0, 0.1) is 0 Å². The molecule has 0 spiro atoms. The van der Waals surface area contributed by atoms with E-state index in [1.54, 1.807) is 12.4 Å². The van der Waals surface area contributed by atoms with Gasteiger partial charge in [0.25, 0.3) is 11.9 Å². The number of oxazole rings is 1. The molecule has 0 radical (unpaired) electrons. The van der Waals surface area contributed by atoms with Gasteiger partial charge < -0.3 is 14.5 Å². The van der Waals surface area contributed by atoms with Gasteiger partial charge in [0.2, 0.25) is 0 Å². The van der Waals surface area contributed by atoms with Crippen LogP contribution in [0.1, 0.15) is 12.5 Å². The highest BCUT2D eigenvalue weighted by Gasteiger charge is 2.15. The van der Waals surface area contributed by atoms with Crippen molar-refractivity contribution in [1.82, 2.24) is 15.4 Å². The van der Waals surface area contributed by atoms with Gasteiger partial charge in [-0.05, 0) is 35.7 Å². The number of anilines is 1. The highest BCUT2D eigenvalue weighted by atomic mass is 16.5. The van der Waals surface area contributed by atoms with Gasteiger partial charge in [-0.15, -0.1) is 0 Å². The average Bonchev–Trinajstić information content (AvgIpc) is 3.15. The molecule has 1 aliphatic heterocycles. The molecule has 1 amide bonds. The summed E-state index contributed by atoms with van der Waals surface area (Å²) in [6, 6.07) is 13.9. The Bertz CT molecular complexity index is 980. The third-order valence-corrected chi connectivity index (χ3v) is 5.03. The molecular weight excluding hydrogens is 372 g/mol. The molecule has 8 heteroatoms. The van der Waals surface area contributed by atoms with E-state index in [1.807, 2.05) is 18.2 Å². The minimum Gasteiger partial charge on any atom is -0.424 e. The first-order valence-electron chi connectivity index (χ1n) is 9.63. The van der Waals surface area contributed by atoms with E-state index in [-0.39, 0.29) is 6.01 Å². The number of fused-ring (bicyclic) bond motifs is 1. The highest BCUT2D eigenvalue weighted by Crippen LogP contribution is 2.27. The lowest BCUT2D eigenvalue weighted by molar-refractivity contribution is -0.129. The number of hydrogen-bond acceptors (Lipinski definition) is 7. The van der Waals surface area contributed by atoms with Gasteiger partial charge in [0.05, 0.1) is 13.2 Å². The van der Waals surface area contributed by atoms with Crippen LogP contribution in [0.15, 0.2) is 46.9 Å². The molecular formula is C21H24N4O4. The summed E-state index contributed by atoms with van der Waals surface area (Å²) in [5.41, 5.74) is 6.33. The highest BCUT2D eigenvalue weighted by molar-refractivity contribution is 5.84. The molecule has 2 heterocycles. The summed E-state index contributed by atoms with van der Waals surface area (Å²) in [4.78, 5) is 18.2. The van der Waals surface area contributed by atoms with E-state index in [9.17, 15) is 4.79 Å². The van der Waals surface area contributed by atoms with Crippen LogP contribution in [-0.4, -0.2) is 53.3 Å². The fraction of sp³-hybridized carbons (Fsp3) is 0.333. The van der Waals surface area contributed by atoms with Crippen molar-refractivity contribution in [2.75, 3.05) is 31.6 Å². The zero-order valence-corrected chi connectivity index (χ0v) is 16.2. The standard InChI is InChI=1S/C21H24N4O4/c1-14(20(26)24-27)22-21-23-18-12-17(6-7-19(18)29-21)16-4-2-15(3-5-16)13-25-8-10-28-11-9-25/h2-7,12,14,27H,8-11,13H2,1H3,(H,22,23)(H,24,26). The van der Waals surface area contributed by atoms with Crippen molar-refractivity contribution in [3.05, 3.63) is 48.0 Å². The lowest BCUT2D eigenvalue weighted by Crippen LogP contribution is -2.35. The molecule has 4 rings (SSSR count). The molecule has 8 nitrogen and oxygen atoms in total. The van der Waals surface area contributed by atoms with Crippen LogP contribution in [-0.2, 0) is 16.1 Å². The number of benzene rings is 2. The summed E-state index contributed by atoms with van der Waals surface area (Å²) in [6.07, 6.45) is 0. The van der Waals surface area contributed by atoms with E-state index in [4.69, 9.17) is 14.4 Å². The number of rotatable bonds is 6. The van der Waals surface area contributed by atoms with Crippen LogP contribution in [0.4, 0.5) is 6.01 Å². The molecule has 0 aliphatic carbocycles. The molecule has 1 unspecified atom stereocenters. The molecule has 1 saturated heterocycles. The topological polar surface area (TPSA) is 99.9 Å². The second-order valence-corrected chi connectivity index (χ2v) is 7.13. The SMILES string of the molecule is CC(Nc1nc2cc(-c3ccc(CN4CCOCC4)cc3)ccc2o1)C(=O)NO. The zero-order valence-electron chi connectivity index (χ0n) is 16.2. The van der Waals surface area contributed by atoms with Gasteiger partial charge in [-0.3, -0.25) is 14.9 Å². The predicted molar refractivity (Wildman–Crippen MR) is 109 cm³/mol. The molecule has 3 aromatic rings. The maximum atomic E-state index is 11.4. The molecule has 1 aromatic heterocycles. The van der Waals surface area contributed by atoms with Crippen LogP contribution in [0.2, 0.25) is 0 Å². The first-order chi connectivity index (χ1) is 14.1. The molecule has 152 valence electrons. The zero-order chi connectivity index (χ0) is 20.2. The maximum absolute atomic E-state index is 11.4. The number of ether oxygens (including phenoxy) is 1. The second kappa shape index (κ2) is 8.60. The van der Waals surface area contributed by atoms with Gasteiger partial charge in [-0.25, -0.2) is 5.48 Å². The number of nitrogens with one attached hydrogen (secondary N) is 2. The first kappa shape index (κ1) is 19.4. The number of aromatic nitrogens is 1. The summed E-state index contributed by atoms with van der Waals surface area (Å²) in [5.74, 6) is -0.565. The van der Waals surface area contributed by atoms with Gasteiger partial charge in [0.1, 0.15) is 11.6 Å². The monoisotopic (exact) mass is 396 g/mol. The van der Waals surface area contributed by atoms with E-state index < -0.39 is 11.9 Å². The molecule has 0 bridgehead atoms. The Hall–Kier alpha value is -2.94. The van der Waals surface area contributed by atoms with Gasteiger partial charge in [-0.2, -0.15) is 4.98 Å². The van der Waals surface area contributed by atoms with Crippen molar-refractivity contribution < 1.29 is 19.2 Å². The molecule has 1 aliphatic rings. The molecule has 3 N–H and O–H groups in total. The van der Waals surface area contributed by atoms with E-state index >= 15 is 0 Å². The summed E-state index contributed by atoms with van der Waals surface area (Å²) in [7, 11) is 0. The van der Waals surface area contributed by atoms with Crippen molar-refractivity contribution in [3.8, 4) is 11.1 Å². The summed E-state index contributed by atoms with van der Waals surface area (Å²) >= 11 is 0. The number of amides is 1. The van der Waals surface area contributed by atoms with E-state index in [0.29, 0.717) is 11.1 Å². The second-order valence-electron chi connectivity index (χ2n) is 7.13. The van der Waals surface area contributed by atoms with Crippen LogP contribution >= 0.6 is 0 Å².